The van der Waals surface area contributed by atoms with Crippen molar-refractivity contribution in [3.8, 4) is 11.5 Å². The molecule has 0 bridgehead atoms. The number of hydrogen-bond acceptors (Lipinski definition) is 4. The van der Waals surface area contributed by atoms with E-state index in [9.17, 15) is 5.11 Å². The lowest BCUT2D eigenvalue weighted by Crippen LogP contribution is -2.22. The van der Waals surface area contributed by atoms with Crippen molar-refractivity contribution in [1.82, 2.24) is 0 Å². The highest BCUT2D eigenvalue weighted by atomic mass is 16.5. The molecule has 5 rings (SSSR count). The van der Waals surface area contributed by atoms with Crippen LogP contribution in [-0.4, -0.2) is 32.5 Å². The van der Waals surface area contributed by atoms with Gasteiger partial charge >= 0.3 is 0 Å². The van der Waals surface area contributed by atoms with Crippen LogP contribution in [0.3, 0.4) is 0 Å². The molecule has 0 unspecified atom stereocenters. The average molecular weight is 509 g/mol. The zero-order chi connectivity index (χ0) is 26.3. The summed E-state index contributed by atoms with van der Waals surface area (Å²) in [4.78, 5) is 0. The normalized spacial score (nSPS) is 17.8. The summed E-state index contributed by atoms with van der Waals surface area (Å²) in [5.41, 5.74) is 6.84. The van der Waals surface area contributed by atoms with Crippen LogP contribution in [0.25, 0.3) is 0 Å². The molecule has 1 aliphatic heterocycles. The molecule has 0 saturated carbocycles. The van der Waals surface area contributed by atoms with E-state index in [0.717, 1.165) is 41.9 Å². The van der Waals surface area contributed by atoms with Gasteiger partial charge in [-0.15, -0.1) is 0 Å². The minimum Gasteiger partial charge on any atom is -0.496 e. The van der Waals surface area contributed by atoms with E-state index in [1.54, 1.807) is 14.2 Å². The van der Waals surface area contributed by atoms with Crippen molar-refractivity contribution < 1.29 is 19.3 Å². The second-order valence-corrected chi connectivity index (χ2v) is 10.2. The standard InChI is InChI=1S/C34H36O4/c1-36-32-20-26(13-14-27(32)17-24-9-5-3-6-10-24)19-30-22-38-23-31(30)34(35)29-16-15-28(33(21-29)37-2)18-25-11-7-4-8-12-25/h3-16,20-21,30-31,34-35H,17-19,22-23H2,1-2H3/t30-,31+,34+/m0/s1. The first kappa shape index (κ1) is 26.0. The molecule has 38 heavy (non-hydrogen) atoms. The number of aliphatic hydroxyl groups excluding tert-OH is 1. The summed E-state index contributed by atoms with van der Waals surface area (Å²) in [5, 5.41) is 11.4. The molecule has 4 nitrogen and oxygen atoms in total. The van der Waals surface area contributed by atoms with Gasteiger partial charge in [-0.25, -0.2) is 0 Å². The van der Waals surface area contributed by atoms with Gasteiger partial charge in [0, 0.05) is 18.8 Å². The molecular weight excluding hydrogens is 472 g/mol. The van der Waals surface area contributed by atoms with E-state index in [0.29, 0.717) is 13.2 Å². The smallest absolute Gasteiger partial charge is 0.122 e. The Labute approximate surface area is 225 Å². The second kappa shape index (κ2) is 12.3. The Kier molecular flexibility index (Phi) is 8.42. The fourth-order valence-corrected chi connectivity index (χ4v) is 5.51. The van der Waals surface area contributed by atoms with Gasteiger partial charge in [0.1, 0.15) is 11.5 Å². The van der Waals surface area contributed by atoms with Crippen molar-refractivity contribution in [1.29, 1.82) is 0 Å². The van der Waals surface area contributed by atoms with Gasteiger partial charge < -0.3 is 19.3 Å². The van der Waals surface area contributed by atoms with Gasteiger partial charge in [-0.3, -0.25) is 0 Å². The van der Waals surface area contributed by atoms with E-state index < -0.39 is 6.10 Å². The first-order chi connectivity index (χ1) is 18.6. The SMILES string of the molecule is COc1cc(C[C@H]2COC[C@H]2[C@H](O)c2ccc(Cc3ccccc3)c(OC)c2)ccc1Cc1ccccc1. The fraction of sp³-hybridized carbons (Fsp3) is 0.294. The van der Waals surface area contributed by atoms with Crippen molar-refractivity contribution in [3.63, 3.8) is 0 Å². The van der Waals surface area contributed by atoms with Gasteiger partial charge in [-0.1, -0.05) is 84.9 Å². The largest absolute Gasteiger partial charge is 0.496 e. The third-order valence-electron chi connectivity index (χ3n) is 7.63. The van der Waals surface area contributed by atoms with Crippen molar-refractivity contribution in [2.75, 3.05) is 27.4 Å². The number of ether oxygens (including phenoxy) is 3. The lowest BCUT2D eigenvalue weighted by atomic mass is 9.83. The molecule has 1 aliphatic rings. The van der Waals surface area contributed by atoms with Gasteiger partial charge in [0.2, 0.25) is 0 Å². The van der Waals surface area contributed by atoms with Crippen LogP contribution >= 0.6 is 0 Å². The number of aliphatic hydroxyl groups is 1. The maximum absolute atomic E-state index is 11.4. The first-order valence-corrected chi connectivity index (χ1v) is 13.3. The summed E-state index contributed by atoms with van der Waals surface area (Å²) < 4.78 is 17.3. The minimum atomic E-state index is -0.624. The Hall–Kier alpha value is -3.60. The first-order valence-electron chi connectivity index (χ1n) is 13.3. The van der Waals surface area contributed by atoms with E-state index in [1.165, 1.54) is 22.3 Å². The predicted octanol–water partition coefficient (Wildman–Crippen LogP) is 6.42. The molecule has 4 heteroatoms. The highest BCUT2D eigenvalue weighted by Crippen LogP contribution is 2.37. The lowest BCUT2D eigenvalue weighted by molar-refractivity contribution is 0.0809. The van der Waals surface area contributed by atoms with Gasteiger partial charge in [-0.05, 0) is 57.9 Å². The van der Waals surface area contributed by atoms with Crippen LogP contribution in [-0.2, 0) is 24.0 Å². The van der Waals surface area contributed by atoms with Gasteiger partial charge in [0.25, 0.3) is 0 Å². The molecule has 4 aromatic carbocycles. The summed E-state index contributed by atoms with van der Waals surface area (Å²) in [6, 6.07) is 33.4. The third kappa shape index (κ3) is 6.09. The molecule has 196 valence electrons. The summed E-state index contributed by atoms with van der Waals surface area (Å²) >= 11 is 0. The molecule has 1 saturated heterocycles. The fourth-order valence-electron chi connectivity index (χ4n) is 5.51. The molecule has 1 fully saturated rings. The maximum atomic E-state index is 11.4. The van der Waals surface area contributed by atoms with Crippen LogP contribution in [0.1, 0.15) is 39.5 Å². The molecule has 0 aromatic heterocycles. The highest BCUT2D eigenvalue weighted by Gasteiger charge is 2.35. The lowest BCUT2D eigenvalue weighted by Gasteiger charge is -2.24. The van der Waals surface area contributed by atoms with Crippen LogP contribution in [0.15, 0.2) is 97.1 Å². The molecule has 3 atom stereocenters. The molecular formula is C34H36O4. The molecule has 0 spiro atoms. The van der Waals surface area contributed by atoms with Crippen LogP contribution in [0.4, 0.5) is 0 Å². The van der Waals surface area contributed by atoms with Crippen LogP contribution in [0.2, 0.25) is 0 Å². The summed E-state index contributed by atoms with van der Waals surface area (Å²) in [7, 11) is 3.42. The van der Waals surface area contributed by atoms with Crippen LogP contribution in [0.5, 0.6) is 11.5 Å². The van der Waals surface area contributed by atoms with E-state index in [1.807, 2.05) is 36.4 Å². The molecule has 1 N–H and O–H groups in total. The number of hydrogen-bond donors (Lipinski definition) is 1. The van der Waals surface area contributed by atoms with E-state index in [-0.39, 0.29) is 11.8 Å². The highest BCUT2D eigenvalue weighted by molar-refractivity contribution is 5.43. The van der Waals surface area contributed by atoms with Crippen molar-refractivity contribution >= 4 is 0 Å². The topological polar surface area (TPSA) is 47.9 Å². The summed E-state index contributed by atoms with van der Waals surface area (Å²) in [6.45, 7) is 1.18. The molecule has 1 heterocycles. The summed E-state index contributed by atoms with van der Waals surface area (Å²) in [5.74, 6) is 1.93. The minimum absolute atomic E-state index is 0.00895. The molecule has 0 radical (unpaired) electrons. The monoisotopic (exact) mass is 508 g/mol. The third-order valence-corrected chi connectivity index (χ3v) is 7.63. The van der Waals surface area contributed by atoms with Crippen LogP contribution < -0.4 is 9.47 Å². The maximum Gasteiger partial charge on any atom is 0.122 e. The number of benzene rings is 4. The summed E-state index contributed by atoms with van der Waals surface area (Å²) in [6.07, 6.45) is 1.83. The van der Waals surface area contributed by atoms with Crippen molar-refractivity contribution in [3.05, 3.63) is 130 Å². The molecule has 4 aromatic rings. The number of rotatable bonds is 10. The Balaban J connectivity index is 1.29. The number of methoxy groups -OCH3 is 2. The Bertz CT molecular complexity index is 1320. The predicted molar refractivity (Wildman–Crippen MR) is 151 cm³/mol. The van der Waals surface area contributed by atoms with E-state index in [4.69, 9.17) is 14.2 Å². The average Bonchev–Trinajstić information content (AvgIpc) is 3.42. The quantitative estimate of drug-likeness (QED) is 0.268. The second-order valence-electron chi connectivity index (χ2n) is 10.2. The Morgan fingerprint density at radius 2 is 1.29 bits per heavy atom. The van der Waals surface area contributed by atoms with E-state index >= 15 is 0 Å². The van der Waals surface area contributed by atoms with Crippen molar-refractivity contribution in [2.24, 2.45) is 11.8 Å². The molecule has 0 aliphatic carbocycles. The van der Waals surface area contributed by atoms with E-state index in [2.05, 4.69) is 60.7 Å². The zero-order valence-electron chi connectivity index (χ0n) is 22.2. The van der Waals surface area contributed by atoms with Crippen molar-refractivity contribution in [2.45, 2.75) is 25.4 Å². The zero-order valence-corrected chi connectivity index (χ0v) is 22.2. The van der Waals surface area contributed by atoms with Crippen LogP contribution in [0, 0.1) is 11.8 Å². The van der Waals surface area contributed by atoms with Gasteiger partial charge in [-0.2, -0.15) is 0 Å². The molecule has 0 amide bonds. The van der Waals surface area contributed by atoms with Gasteiger partial charge in [0.15, 0.2) is 0 Å². The Morgan fingerprint density at radius 3 is 1.89 bits per heavy atom. The van der Waals surface area contributed by atoms with Gasteiger partial charge in [0.05, 0.1) is 33.5 Å². The Morgan fingerprint density at radius 1 is 0.711 bits per heavy atom.